The number of carbonyl (C=O) groups is 2. The van der Waals surface area contributed by atoms with Gasteiger partial charge in [0.25, 0.3) is 5.91 Å². The molecule has 0 aliphatic heterocycles. The summed E-state index contributed by atoms with van der Waals surface area (Å²) in [6.45, 7) is -0.243. The van der Waals surface area contributed by atoms with E-state index in [1.54, 1.807) is 0 Å². The number of hydrogen-bond acceptors (Lipinski definition) is 4. The van der Waals surface area contributed by atoms with Crippen LogP contribution in [0.3, 0.4) is 0 Å². The Hall–Kier alpha value is -2.08. The van der Waals surface area contributed by atoms with Crippen LogP contribution >= 0.6 is 0 Å². The van der Waals surface area contributed by atoms with Crippen molar-refractivity contribution >= 4 is 17.5 Å². The number of carbonyl (C=O) groups excluding carboxylic acids is 2. The van der Waals surface area contributed by atoms with Crippen molar-refractivity contribution in [2.75, 3.05) is 18.6 Å². The van der Waals surface area contributed by atoms with Crippen molar-refractivity contribution in [1.82, 2.24) is 10.7 Å². The standard InChI is InChI=1S/C22H35N3O3/c26-21(17-28-18-22(27)25-24-20-15-11-8-12-16-20)23-19-13-9-6-4-2-1-3-5-7-10-14-19/h8,11-12,15-16,19,24H,1-7,9-10,13-14,17-18H2,(H,23,26)(H,25,27). The molecule has 1 saturated carbocycles. The van der Waals surface area contributed by atoms with E-state index in [0.29, 0.717) is 0 Å². The van der Waals surface area contributed by atoms with Crippen LogP contribution in [0.25, 0.3) is 0 Å². The van der Waals surface area contributed by atoms with Gasteiger partial charge in [0.1, 0.15) is 13.2 Å². The summed E-state index contributed by atoms with van der Waals surface area (Å²) < 4.78 is 5.26. The highest BCUT2D eigenvalue weighted by molar-refractivity contribution is 5.80. The van der Waals surface area contributed by atoms with Crippen LogP contribution in [0.4, 0.5) is 5.69 Å². The number of para-hydroxylation sites is 1. The van der Waals surface area contributed by atoms with Gasteiger partial charge in [-0.05, 0) is 25.0 Å². The normalized spacial score (nSPS) is 17.0. The number of hydrogen-bond donors (Lipinski definition) is 3. The first kappa shape index (κ1) is 22.2. The van der Waals surface area contributed by atoms with E-state index < -0.39 is 0 Å². The Morgan fingerprint density at radius 3 is 1.93 bits per heavy atom. The first-order valence-electron chi connectivity index (χ1n) is 10.7. The molecule has 1 aliphatic carbocycles. The fraction of sp³-hybridized carbons (Fsp3) is 0.636. The minimum absolute atomic E-state index is 0.0880. The molecule has 0 aromatic heterocycles. The Kier molecular flexibility index (Phi) is 11.1. The number of anilines is 1. The van der Waals surface area contributed by atoms with Crippen LogP contribution in [0.5, 0.6) is 0 Å². The highest BCUT2D eigenvalue weighted by atomic mass is 16.5. The van der Waals surface area contributed by atoms with Crippen LogP contribution in [-0.2, 0) is 14.3 Å². The largest absolute Gasteiger partial charge is 0.362 e. The first-order valence-corrected chi connectivity index (χ1v) is 10.7. The molecule has 0 bridgehead atoms. The molecule has 0 heterocycles. The zero-order valence-corrected chi connectivity index (χ0v) is 16.9. The Morgan fingerprint density at radius 1 is 0.786 bits per heavy atom. The van der Waals surface area contributed by atoms with Crippen LogP contribution in [0.15, 0.2) is 30.3 Å². The predicted molar refractivity (Wildman–Crippen MR) is 112 cm³/mol. The highest BCUT2D eigenvalue weighted by Crippen LogP contribution is 2.16. The quantitative estimate of drug-likeness (QED) is 0.617. The van der Waals surface area contributed by atoms with Crippen molar-refractivity contribution in [2.45, 2.75) is 76.7 Å². The van der Waals surface area contributed by atoms with E-state index in [-0.39, 0.29) is 31.1 Å². The molecular weight excluding hydrogens is 354 g/mol. The zero-order chi connectivity index (χ0) is 19.9. The van der Waals surface area contributed by atoms with Gasteiger partial charge in [0.2, 0.25) is 5.91 Å². The summed E-state index contributed by atoms with van der Waals surface area (Å²) in [5, 5.41) is 3.09. The van der Waals surface area contributed by atoms with E-state index in [9.17, 15) is 9.59 Å². The molecule has 0 unspecified atom stereocenters. The Bertz CT molecular complexity index is 553. The molecule has 0 radical (unpaired) electrons. The van der Waals surface area contributed by atoms with Crippen molar-refractivity contribution in [3.63, 3.8) is 0 Å². The van der Waals surface area contributed by atoms with Crippen LogP contribution in [0.1, 0.15) is 70.6 Å². The molecule has 1 aliphatic rings. The molecule has 156 valence electrons. The molecule has 0 atom stereocenters. The van der Waals surface area contributed by atoms with Gasteiger partial charge in [-0.1, -0.05) is 76.0 Å². The minimum atomic E-state index is -0.317. The summed E-state index contributed by atoms with van der Waals surface area (Å²) in [5.41, 5.74) is 6.14. The van der Waals surface area contributed by atoms with Gasteiger partial charge in [0, 0.05) is 6.04 Å². The molecule has 1 aromatic carbocycles. The molecular formula is C22H35N3O3. The maximum absolute atomic E-state index is 12.2. The van der Waals surface area contributed by atoms with Crippen molar-refractivity contribution in [3.05, 3.63) is 30.3 Å². The van der Waals surface area contributed by atoms with Crippen molar-refractivity contribution in [1.29, 1.82) is 0 Å². The van der Waals surface area contributed by atoms with E-state index in [1.165, 1.54) is 57.8 Å². The number of hydrazine groups is 1. The first-order chi connectivity index (χ1) is 13.7. The average molecular weight is 390 g/mol. The Labute approximate surface area is 168 Å². The third-order valence-corrected chi connectivity index (χ3v) is 5.06. The van der Waals surface area contributed by atoms with E-state index >= 15 is 0 Å². The van der Waals surface area contributed by atoms with Gasteiger partial charge in [-0.3, -0.25) is 20.4 Å². The Balaban J connectivity index is 1.60. The molecule has 0 spiro atoms. The maximum atomic E-state index is 12.2. The fourth-order valence-corrected chi connectivity index (χ4v) is 3.51. The third-order valence-electron chi connectivity index (χ3n) is 5.06. The summed E-state index contributed by atoms with van der Waals surface area (Å²) in [7, 11) is 0. The van der Waals surface area contributed by atoms with Gasteiger partial charge >= 0.3 is 0 Å². The van der Waals surface area contributed by atoms with E-state index in [2.05, 4.69) is 16.2 Å². The number of rotatable bonds is 7. The molecule has 0 saturated heterocycles. The molecule has 2 amide bonds. The number of amides is 2. The number of nitrogens with one attached hydrogen (secondary N) is 3. The average Bonchev–Trinajstić information content (AvgIpc) is 2.69. The topological polar surface area (TPSA) is 79.5 Å². The second-order valence-electron chi connectivity index (χ2n) is 7.56. The summed E-state index contributed by atoms with van der Waals surface area (Å²) in [5.74, 6) is -0.455. The van der Waals surface area contributed by atoms with Crippen LogP contribution in [0.2, 0.25) is 0 Å². The summed E-state index contributed by atoms with van der Waals surface area (Å²) >= 11 is 0. The Morgan fingerprint density at radius 2 is 1.32 bits per heavy atom. The van der Waals surface area contributed by atoms with E-state index in [4.69, 9.17) is 4.74 Å². The predicted octanol–water partition coefficient (Wildman–Crippen LogP) is 3.94. The lowest BCUT2D eigenvalue weighted by molar-refractivity contribution is -0.131. The molecule has 6 nitrogen and oxygen atoms in total. The van der Waals surface area contributed by atoms with E-state index in [1.807, 2.05) is 30.3 Å². The maximum Gasteiger partial charge on any atom is 0.264 e. The summed E-state index contributed by atoms with van der Waals surface area (Å²) in [6, 6.07) is 9.56. The minimum Gasteiger partial charge on any atom is -0.362 e. The number of ether oxygens (including phenoxy) is 1. The van der Waals surface area contributed by atoms with Gasteiger partial charge < -0.3 is 10.1 Å². The highest BCUT2D eigenvalue weighted by Gasteiger charge is 2.13. The molecule has 28 heavy (non-hydrogen) atoms. The van der Waals surface area contributed by atoms with Crippen molar-refractivity contribution < 1.29 is 14.3 Å². The zero-order valence-electron chi connectivity index (χ0n) is 16.9. The number of benzene rings is 1. The van der Waals surface area contributed by atoms with Crippen LogP contribution in [-0.4, -0.2) is 31.1 Å². The lowest BCUT2D eigenvalue weighted by Gasteiger charge is -2.19. The molecule has 2 rings (SSSR count). The van der Waals surface area contributed by atoms with Gasteiger partial charge in [-0.15, -0.1) is 0 Å². The molecule has 6 heteroatoms. The van der Waals surface area contributed by atoms with Crippen LogP contribution < -0.4 is 16.2 Å². The van der Waals surface area contributed by atoms with Gasteiger partial charge in [0.05, 0.1) is 5.69 Å². The summed E-state index contributed by atoms with van der Waals surface area (Å²) in [6.07, 6.45) is 13.5. The summed E-state index contributed by atoms with van der Waals surface area (Å²) in [4.78, 5) is 23.9. The lowest BCUT2D eigenvalue weighted by atomic mass is 9.98. The van der Waals surface area contributed by atoms with Crippen molar-refractivity contribution in [3.8, 4) is 0 Å². The lowest BCUT2D eigenvalue weighted by Crippen LogP contribution is -2.38. The molecule has 1 aromatic rings. The van der Waals surface area contributed by atoms with Crippen molar-refractivity contribution in [2.24, 2.45) is 0 Å². The fourth-order valence-electron chi connectivity index (χ4n) is 3.51. The second kappa shape index (κ2) is 14.0. The van der Waals surface area contributed by atoms with Gasteiger partial charge in [0.15, 0.2) is 0 Å². The van der Waals surface area contributed by atoms with Gasteiger partial charge in [-0.2, -0.15) is 0 Å². The molecule has 3 N–H and O–H groups in total. The van der Waals surface area contributed by atoms with Crippen LogP contribution in [0, 0.1) is 0 Å². The van der Waals surface area contributed by atoms with Gasteiger partial charge in [-0.25, -0.2) is 0 Å². The third kappa shape index (κ3) is 10.3. The second-order valence-corrected chi connectivity index (χ2v) is 7.56. The molecule has 1 fully saturated rings. The SMILES string of the molecule is O=C(COCC(=O)NC1CCCCCCCCCCC1)NNc1ccccc1. The monoisotopic (exact) mass is 389 g/mol. The smallest absolute Gasteiger partial charge is 0.264 e. The van der Waals surface area contributed by atoms with E-state index in [0.717, 1.165) is 18.5 Å².